The molecule has 0 N–H and O–H groups in total. The molecule has 0 aliphatic carbocycles. The highest BCUT2D eigenvalue weighted by Gasteiger charge is 2.28. The quantitative estimate of drug-likeness (QED) is 0.249. The molecule has 0 saturated heterocycles. The lowest BCUT2D eigenvalue weighted by molar-refractivity contribution is -0.134. The normalized spacial score (nSPS) is 12.1. The van der Waals surface area contributed by atoms with Gasteiger partial charge in [-0.25, -0.2) is 9.37 Å². The number of halogens is 1. The third kappa shape index (κ3) is 6.56. The fraction of sp³-hybridized carbons (Fsp3) is 0.483. The lowest BCUT2D eigenvalue weighted by atomic mass is 10.1. The van der Waals surface area contributed by atoms with Gasteiger partial charge in [0.15, 0.2) is 0 Å². The molecule has 0 radical (unpaired) electrons. The molecule has 0 saturated carbocycles. The first-order chi connectivity index (χ1) is 17.0. The van der Waals surface area contributed by atoms with Crippen LogP contribution in [0, 0.1) is 5.82 Å². The molecule has 1 heterocycles. The van der Waals surface area contributed by atoms with Crippen LogP contribution in [0.4, 0.5) is 4.39 Å². The summed E-state index contributed by atoms with van der Waals surface area (Å²) in [5.74, 6) is 0.269. The van der Waals surface area contributed by atoms with Gasteiger partial charge in [-0.15, -0.1) is 0 Å². The van der Waals surface area contributed by atoms with Crippen molar-refractivity contribution in [3.63, 3.8) is 0 Å². The number of hydrogen-bond donors (Lipinski definition) is 0. The zero-order chi connectivity index (χ0) is 25.2. The number of carbonyl (C=O) groups is 1. The summed E-state index contributed by atoms with van der Waals surface area (Å²) in [7, 11) is 0. The predicted molar refractivity (Wildman–Crippen MR) is 140 cm³/mol. The van der Waals surface area contributed by atoms with Crippen molar-refractivity contribution in [3.05, 3.63) is 70.5 Å². The molecule has 35 heavy (non-hydrogen) atoms. The number of unbranched alkanes of at least 4 members (excludes halogenated alkanes) is 5. The van der Waals surface area contributed by atoms with Crippen molar-refractivity contribution in [1.29, 1.82) is 0 Å². The largest absolute Gasteiger partial charge is 0.333 e. The highest BCUT2D eigenvalue weighted by Crippen LogP contribution is 2.27. The van der Waals surface area contributed by atoms with E-state index in [4.69, 9.17) is 4.98 Å². The molecule has 0 spiro atoms. The molecule has 0 bridgehead atoms. The average Bonchev–Trinajstić information content (AvgIpc) is 2.87. The van der Waals surface area contributed by atoms with Crippen LogP contribution in [0.25, 0.3) is 16.6 Å². The second-order valence-electron chi connectivity index (χ2n) is 9.13. The van der Waals surface area contributed by atoms with Crippen molar-refractivity contribution in [2.45, 2.75) is 84.6 Å². The summed E-state index contributed by atoms with van der Waals surface area (Å²) in [6, 6.07) is 12.8. The maximum absolute atomic E-state index is 13.7. The Balaban J connectivity index is 2.11. The van der Waals surface area contributed by atoms with Gasteiger partial charge < -0.3 is 4.90 Å². The molecule has 188 valence electrons. The Bertz CT molecular complexity index is 1160. The predicted octanol–water partition coefficient (Wildman–Crippen LogP) is 6.97. The van der Waals surface area contributed by atoms with E-state index in [0.29, 0.717) is 41.8 Å². The first kappa shape index (κ1) is 26.6. The number of para-hydroxylation sites is 1. The molecule has 1 atom stereocenters. The van der Waals surface area contributed by atoms with Crippen molar-refractivity contribution in [2.75, 3.05) is 6.54 Å². The van der Waals surface area contributed by atoms with E-state index in [0.717, 1.165) is 44.9 Å². The van der Waals surface area contributed by atoms with Crippen LogP contribution in [0.3, 0.4) is 0 Å². The Morgan fingerprint density at radius 1 is 0.943 bits per heavy atom. The molecule has 0 aliphatic rings. The van der Waals surface area contributed by atoms with Crippen LogP contribution in [0.2, 0.25) is 0 Å². The van der Waals surface area contributed by atoms with Gasteiger partial charge in [0.05, 0.1) is 22.6 Å². The number of aromatic nitrogens is 2. The maximum Gasteiger partial charge on any atom is 0.266 e. The van der Waals surface area contributed by atoms with E-state index in [1.54, 1.807) is 22.8 Å². The fourth-order valence-electron chi connectivity index (χ4n) is 4.59. The smallest absolute Gasteiger partial charge is 0.266 e. The zero-order valence-electron chi connectivity index (χ0n) is 21.3. The van der Waals surface area contributed by atoms with Crippen LogP contribution < -0.4 is 5.56 Å². The van der Waals surface area contributed by atoms with E-state index in [-0.39, 0.29) is 23.3 Å². The average molecular weight is 480 g/mol. The van der Waals surface area contributed by atoms with Crippen LogP contribution in [0.5, 0.6) is 0 Å². The minimum atomic E-state index is -0.368. The number of carbonyl (C=O) groups excluding carboxylic acids is 1. The summed E-state index contributed by atoms with van der Waals surface area (Å²) in [5, 5.41) is 0.499. The van der Waals surface area contributed by atoms with Crippen molar-refractivity contribution < 1.29 is 9.18 Å². The van der Waals surface area contributed by atoms with E-state index in [9.17, 15) is 14.0 Å². The highest BCUT2D eigenvalue weighted by atomic mass is 19.1. The molecule has 5 nitrogen and oxygen atoms in total. The van der Waals surface area contributed by atoms with E-state index >= 15 is 0 Å². The van der Waals surface area contributed by atoms with Crippen molar-refractivity contribution in [2.24, 2.45) is 0 Å². The maximum atomic E-state index is 13.7. The Morgan fingerprint density at radius 3 is 2.31 bits per heavy atom. The number of amides is 1. The molecule has 2 aromatic carbocycles. The van der Waals surface area contributed by atoms with Gasteiger partial charge in [-0.2, -0.15) is 0 Å². The van der Waals surface area contributed by atoms with Gasteiger partial charge in [0.1, 0.15) is 11.6 Å². The fourth-order valence-corrected chi connectivity index (χ4v) is 4.59. The Labute approximate surface area is 208 Å². The molecule has 1 aromatic heterocycles. The van der Waals surface area contributed by atoms with Crippen LogP contribution in [-0.4, -0.2) is 26.9 Å². The van der Waals surface area contributed by atoms with Crippen LogP contribution >= 0.6 is 0 Å². The molecule has 6 heteroatoms. The van der Waals surface area contributed by atoms with Crippen molar-refractivity contribution in [1.82, 2.24) is 14.5 Å². The second-order valence-corrected chi connectivity index (χ2v) is 9.13. The van der Waals surface area contributed by atoms with Gasteiger partial charge in [-0.1, -0.05) is 65.0 Å². The first-order valence-electron chi connectivity index (χ1n) is 13.1. The van der Waals surface area contributed by atoms with Gasteiger partial charge in [0.2, 0.25) is 5.91 Å². The third-order valence-corrected chi connectivity index (χ3v) is 6.51. The number of rotatable bonds is 13. The summed E-state index contributed by atoms with van der Waals surface area (Å²) < 4.78 is 15.3. The van der Waals surface area contributed by atoms with Gasteiger partial charge in [0, 0.05) is 13.0 Å². The SMILES string of the molecule is CCCCCCC(=O)N(CCCCC)C(CC)c1nc2ccccc2c(=O)n1-c1ccc(F)cc1. The van der Waals surface area contributed by atoms with Gasteiger partial charge in [-0.3, -0.25) is 14.2 Å². The number of nitrogens with zero attached hydrogens (tertiary/aromatic N) is 3. The molecule has 0 fully saturated rings. The van der Waals surface area contributed by atoms with E-state index in [1.807, 2.05) is 30.0 Å². The lowest BCUT2D eigenvalue weighted by Crippen LogP contribution is -2.39. The summed E-state index contributed by atoms with van der Waals surface area (Å²) in [5.41, 5.74) is 0.944. The molecular weight excluding hydrogens is 441 g/mol. The minimum absolute atomic E-state index is 0.108. The van der Waals surface area contributed by atoms with Gasteiger partial charge >= 0.3 is 0 Å². The molecule has 3 aromatic rings. The summed E-state index contributed by atoms with van der Waals surface area (Å²) in [6.45, 7) is 6.96. The zero-order valence-corrected chi connectivity index (χ0v) is 21.3. The minimum Gasteiger partial charge on any atom is -0.333 e. The van der Waals surface area contributed by atoms with Crippen molar-refractivity contribution in [3.8, 4) is 5.69 Å². The lowest BCUT2D eigenvalue weighted by Gasteiger charge is -2.32. The van der Waals surface area contributed by atoms with Crippen LogP contribution in [0.1, 0.15) is 90.4 Å². The van der Waals surface area contributed by atoms with Crippen molar-refractivity contribution >= 4 is 16.8 Å². The number of fused-ring (bicyclic) bond motifs is 1. The molecule has 3 rings (SSSR count). The van der Waals surface area contributed by atoms with Gasteiger partial charge in [0.25, 0.3) is 5.56 Å². The second kappa shape index (κ2) is 13.2. The third-order valence-electron chi connectivity index (χ3n) is 6.51. The number of hydrogen-bond acceptors (Lipinski definition) is 3. The molecular formula is C29H38FN3O2. The van der Waals surface area contributed by atoms with Gasteiger partial charge in [-0.05, 0) is 55.7 Å². The highest BCUT2D eigenvalue weighted by molar-refractivity contribution is 5.79. The summed E-state index contributed by atoms with van der Waals surface area (Å²) in [4.78, 5) is 34.0. The monoisotopic (exact) mass is 479 g/mol. The molecule has 1 unspecified atom stereocenters. The molecule has 0 aliphatic heterocycles. The van der Waals surface area contributed by atoms with E-state index < -0.39 is 0 Å². The Hall–Kier alpha value is -3.02. The first-order valence-corrected chi connectivity index (χ1v) is 13.1. The Morgan fingerprint density at radius 2 is 1.63 bits per heavy atom. The summed E-state index contributed by atoms with van der Waals surface area (Å²) >= 11 is 0. The van der Waals surface area contributed by atoms with E-state index in [1.165, 1.54) is 12.1 Å². The number of benzene rings is 2. The topological polar surface area (TPSA) is 55.2 Å². The Kier molecular flexibility index (Phi) is 10.0. The van der Waals surface area contributed by atoms with Crippen LogP contribution in [-0.2, 0) is 4.79 Å². The molecule has 1 amide bonds. The standard InChI is InChI=1S/C29H38FN3O2/c1-4-7-9-10-16-27(34)32(21-13-8-5-2)26(6-3)28-31-25-15-12-11-14-24(25)29(35)33(28)23-19-17-22(30)18-20-23/h11-12,14-15,17-20,26H,4-10,13,16,21H2,1-3H3. The van der Waals surface area contributed by atoms with E-state index in [2.05, 4.69) is 13.8 Å². The summed E-state index contributed by atoms with van der Waals surface area (Å²) in [6.07, 6.45) is 8.26. The van der Waals surface area contributed by atoms with Crippen LogP contribution in [0.15, 0.2) is 53.3 Å².